The summed E-state index contributed by atoms with van der Waals surface area (Å²) in [7, 11) is 0. The van der Waals surface area contributed by atoms with E-state index in [-0.39, 0.29) is 17.0 Å². The number of hydrogen-bond donors (Lipinski definition) is 1. The molecule has 1 aromatic heterocycles. The molecule has 96 valence electrons. The van der Waals surface area contributed by atoms with Gasteiger partial charge in [0.1, 0.15) is 6.04 Å². The van der Waals surface area contributed by atoms with Gasteiger partial charge in [-0.25, -0.2) is 4.79 Å². The summed E-state index contributed by atoms with van der Waals surface area (Å²) in [5.41, 5.74) is 0.249. The fraction of sp³-hybridized carbons (Fsp3) is 0.600. The van der Waals surface area contributed by atoms with Crippen LogP contribution >= 0.6 is 23.3 Å². The first kappa shape index (κ1) is 11.9. The molecule has 0 radical (unpaired) electrons. The molecule has 2 fully saturated rings. The Balaban J connectivity index is 1.88. The topological polar surface area (TPSA) is 83.4 Å². The van der Waals surface area contributed by atoms with Crippen LogP contribution in [0.2, 0.25) is 0 Å². The van der Waals surface area contributed by atoms with Gasteiger partial charge in [-0.15, -0.1) is 16.9 Å². The number of carboxylic acids is 1. The SMILES string of the molecule is O=C(O)C1CSC(C2CC2)N1C(=O)c1csnn1. The molecule has 1 N–H and O–H groups in total. The zero-order chi connectivity index (χ0) is 12.7. The Hall–Kier alpha value is -1.15. The summed E-state index contributed by atoms with van der Waals surface area (Å²) in [4.78, 5) is 25.0. The summed E-state index contributed by atoms with van der Waals surface area (Å²) in [6.45, 7) is 0. The summed E-state index contributed by atoms with van der Waals surface area (Å²) in [5.74, 6) is -0.352. The van der Waals surface area contributed by atoms with Crippen LogP contribution in [0.15, 0.2) is 5.38 Å². The van der Waals surface area contributed by atoms with Gasteiger partial charge in [0.2, 0.25) is 0 Å². The number of hydrogen-bond acceptors (Lipinski definition) is 6. The lowest BCUT2D eigenvalue weighted by atomic mass is 10.2. The Morgan fingerprint density at radius 3 is 2.78 bits per heavy atom. The molecular weight excluding hydrogens is 274 g/mol. The van der Waals surface area contributed by atoms with Crippen molar-refractivity contribution in [1.29, 1.82) is 0 Å². The number of aliphatic carboxylic acids is 1. The van der Waals surface area contributed by atoms with Gasteiger partial charge in [0.25, 0.3) is 5.91 Å². The lowest BCUT2D eigenvalue weighted by Crippen LogP contribution is -2.46. The van der Waals surface area contributed by atoms with Gasteiger partial charge in [0.05, 0.1) is 5.37 Å². The maximum atomic E-state index is 12.3. The third-order valence-corrected chi connectivity index (χ3v) is 5.13. The van der Waals surface area contributed by atoms with Crippen molar-refractivity contribution < 1.29 is 14.7 Å². The summed E-state index contributed by atoms with van der Waals surface area (Å²) in [6.07, 6.45) is 2.15. The lowest BCUT2D eigenvalue weighted by Gasteiger charge is -2.26. The van der Waals surface area contributed by atoms with E-state index in [0.717, 1.165) is 24.4 Å². The highest BCUT2D eigenvalue weighted by Crippen LogP contribution is 2.45. The first-order chi connectivity index (χ1) is 8.68. The van der Waals surface area contributed by atoms with Gasteiger partial charge < -0.3 is 10.0 Å². The average Bonchev–Trinajstić information content (AvgIpc) is 2.91. The smallest absolute Gasteiger partial charge is 0.327 e. The van der Waals surface area contributed by atoms with Crippen LogP contribution in [0.25, 0.3) is 0 Å². The van der Waals surface area contributed by atoms with Crippen LogP contribution in [0, 0.1) is 5.92 Å². The van der Waals surface area contributed by atoms with E-state index in [1.165, 1.54) is 4.90 Å². The highest BCUT2D eigenvalue weighted by molar-refractivity contribution is 8.00. The Morgan fingerprint density at radius 2 is 2.22 bits per heavy atom. The molecule has 1 aromatic rings. The second kappa shape index (κ2) is 4.51. The number of carbonyl (C=O) groups excluding carboxylic acids is 1. The number of rotatable bonds is 3. The monoisotopic (exact) mass is 285 g/mol. The van der Waals surface area contributed by atoms with E-state index < -0.39 is 12.0 Å². The minimum Gasteiger partial charge on any atom is -0.480 e. The fourth-order valence-electron chi connectivity index (χ4n) is 2.11. The Bertz CT molecular complexity index is 475. The Labute approximate surface area is 112 Å². The zero-order valence-electron chi connectivity index (χ0n) is 9.35. The van der Waals surface area contributed by atoms with Crippen LogP contribution in [0.1, 0.15) is 23.3 Å². The lowest BCUT2D eigenvalue weighted by molar-refractivity contribution is -0.141. The molecular formula is C10H11N3O3S2. The largest absolute Gasteiger partial charge is 0.480 e. The highest BCUT2D eigenvalue weighted by Gasteiger charge is 2.48. The second-order valence-corrected chi connectivity index (χ2v) is 6.18. The average molecular weight is 285 g/mol. The van der Waals surface area contributed by atoms with Gasteiger partial charge in [0, 0.05) is 11.1 Å². The zero-order valence-corrected chi connectivity index (χ0v) is 11.0. The van der Waals surface area contributed by atoms with Crippen LogP contribution in [0.4, 0.5) is 0 Å². The van der Waals surface area contributed by atoms with E-state index in [1.807, 2.05) is 0 Å². The Kier molecular flexibility index (Phi) is 2.98. The molecule has 8 heteroatoms. The third-order valence-electron chi connectivity index (χ3n) is 3.16. The second-order valence-electron chi connectivity index (χ2n) is 4.42. The number of amides is 1. The summed E-state index contributed by atoms with van der Waals surface area (Å²) < 4.78 is 3.66. The van der Waals surface area contributed by atoms with Gasteiger partial charge in [-0.05, 0) is 30.3 Å². The van der Waals surface area contributed by atoms with Crippen molar-refractivity contribution in [2.24, 2.45) is 5.92 Å². The van der Waals surface area contributed by atoms with Crippen LogP contribution in [-0.4, -0.2) is 48.6 Å². The first-order valence-corrected chi connectivity index (χ1v) is 7.51. The van der Waals surface area contributed by atoms with E-state index in [9.17, 15) is 14.7 Å². The highest BCUT2D eigenvalue weighted by atomic mass is 32.2. The van der Waals surface area contributed by atoms with Crippen molar-refractivity contribution >= 4 is 35.2 Å². The van der Waals surface area contributed by atoms with E-state index in [2.05, 4.69) is 9.59 Å². The van der Waals surface area contributed by atoms with Crippen molar-refractivity contribution in [1.82, 2.24) is 14.5 Å². The molecule has 6 nitrogen and oxygen atoms in total. The molecule has 0 aromatic carbocycles. The Morgan fingerprint density at radius 1 is 1.44 bits per heavy atom. The molecule has 1 aliphatic carbocycles. The molecule has 1 saturated heterocycles. The minimum atomic E-state index is -0.942. The molecule has 2 heterocycles. The quantitative estimate of drug-likeness (QED) is 0.889. The fourth-order valence-corrected chi connectivity index (χ4v) is 4.17. The van der Waals surface area contributed by atoms with Gasteiger partial charge in [-0.2, -0.15) is 0 Å². The molecule has 2 aliphatic rings. The van der Waals surface area contributed by atoms with Gasteiger partial charge in [-0.3, -0.25) is 4.79 Å². The molecule has 2 unspecified atom stereocenters. The van der Waals surface area contributed by atoms with Crippen molar-refractivity contribution in [2.75, 3.05) is 5.75 Å². The number of thioether (sulfide) groups is 1. The van der Waals surface area contributed by atoms with Crippen LogP contribution in [0.5, 0.6) is 0 Å². The van der Waals surface area contributed by atoms with Gasteiger partial charge >= 0.3 is 5.97 Å². The summed E-state index contributed by atoms with van der Waals surface area (Å²) in [6, 6.07) is -0.741. The number of carbonyl (C=O) groups is 2. The molecule has 1 aliphatic heterocycles. The first-order valence-electron chi connectivity index (χ1n) is 5.62. The third kappa shape index (κ3) is 1.99. The molecule has 0 bridgehead atoms. The maximum absolute atomic E-state index is 12.3. The molecule has 0 spiro atoms. The molecule has 1 saturated carbocycles. The predicted molar refractivity (Wildman–Crippen MR) is 66.5 cm³/mol. The maximum Gasteiger partial charge on any atom is 0.327 e. The van der Waals surface area contributed by atoms with Gasteiger partial charge in [-0.1, -0.05) is 4.49 Å². The minimum absolute atomic E-state index is 0.0136. The van der Waals surface area contributed by atoms with Crippen molar-refractivity contribution in [3.05, 3.63) is 11.1 Å². The molecule has 1 amide bonds. The number of nitrogens with zero attached hydrogens (tertiary/aromatic N) is 3. The van der Waals surface area contributed by atoms with Crippen molar-refractivity contribution in [3.63, 3.8) is 0 Å². The van der Waals surface area contributed by atoms with Crippen LogP contribution < -0.4 is 0 Å². The van der Waals surface area contributed by atoms with Crippen molar-refractivity contribution in [2.45, 2.75) is 24.3 Å². The van der Waals surface area contributed by atoms with Crippen LogP contribution in [-0.2, 0) is 4.79 Å². The molecule has 2 atom stereocenters. The summed E-state index contributed by atoms with van der Waals surface area (Å²) >= 11 is 2.66. The van der Waals surface area contributed by atoms with Crippen LogP contribution in [0.3, 0.4) is 0 Å². The molecule has 18 heavy (non-hydrogen) atoms. The van der Waals surface area contributed by atoms with Gasteiger partial charge in [0.15, 0.2) is 5.69 Å². The van der Waals surface area contributed by atoms with Crippen molar-refractivity contribution in [3.8, 4) is 0 Å². The number of aromatic nitrogens is 2. The summed E-state index contributed by atoms with van der Waals surface area (Å²) in [5, 5.41) is 14.5. The standard InChI is InChI=1S/C10H11N3O3S2/c14-8(6-3-18-12-11-6)13-7(10(15)16)4-17-9(13)5-1-2-5/h3,5,7,9H,1-2,4H2,(H,15,16). The van der Waals surface area contributed by atoms with E-state index in [0.29, 0.717) is 11.7 Å². The van der Waals surface area contributed by atoms with E-state index >= 15 is 0 Å². The molecule has 3 rings (SSSR count). The normalized spacial score (nSPS) is 27.4. The van der Waals surface area contributed by atoms with E-state index in [1.54, 1.807) is 17.1 Å². The predicted octanol–water partition coefficient (Wildman–Crippen LogP) is 0.916. The number of carboxylic acid groups (broad SMARTS) is 1. The van der Waals surface area contributed by atoms with E-state index in [4.69, 9.17) is 0 Å².